The fourth-order valence-electron chi connectivity index (χ4n) is 2.77. The molecule has 0 spiro atoms. The number of hydrogen-bond acceptors (Lipinski definition) is 5. The molecule has 0 aliphatic heterocycles. The van der Waals surface area contributed by atoms with E-state index in [0.29, 0.717) is 17.7 Å². The average Bonchev–Trinajstić information content (AvgIpc) is 3.21. The molecule has 31 heavy (non-hydrogen) atoms. The predicted molar refractivity (Wildman–Crippen MR) is 124 cm³/mol. The maximum absolute atomic E-state index is 9.52. The lowest BCUT2D eigenvalue weighted by Gasteiger charge is -2.09. The number of allylic oxidation sites excluding steroid dienone is 1. The average molecular weight is 422 g/mol. The largest absolute Gasteiger partial charge is 0.481 e. The van der Waals surface area contributed by atoms with E-state index in [0.717, 1.165) is 18.4 Å². The van der Waals surface area contributed by atoms with Gasteiger partial charge in [0.05, 0.1) is 6.42 Å². The molecule has 0 fully saturated rings. The predicted octanol–water partition coefficient (Wildman–Crippen LogP) is 5.44. The summed E-state index contributed by atoms with van der Waals surface area (Å²) in [5.41, 5.74) is 9.44. The molecule has 0 aliphatic carbocycles. The van der Waals surface area contributed by atoms with E-state index in [-0.39, 0.29) is 13.0 Å². The topological polar surface area (TPSA) is 102 Å². The van der Waals surface area contributed by atoms with E-state index in [1.165, 1.54) is 16.7 Å². The van der Waals surface area contributed by atoms with Crippen LogP contribution in [-0.4, -0.2) is 27.8 Å². The van der Waals surface area contributed by atoms with Gasteiger partial charge in [-0.05, 0) is 49.0 Å². The third-order valence-corrected chi connectivity index (χ3v) is 4.53. The van der Waals surface area contributed by atoms with Crippen LogP contribution < -0.4 is 5.73 Å². The Hall–Kier alpha value is -3.25. The monoisotopic (exact) mass is 421 g/mol. The second-order valence-corrected chi connectivity index (χ2v) is 7.71. The van der Waals surface area contributed by atoms with Crippen LogP contribution in [0.1, 0.15) is 50.1 Å². The summed E-state index contributed by atoms with van der Waals surface area (Å²) < 4.78 is 5.87. The molecule has 3 N–H and O–H groups in total. The number of carboxylic acids is 1. The first-order valence-electron chi connectivity index (χ1n) is 10.5. The molecule has 0 saturated heterocycles. The highest BCUT2D eigenvalue weighted by Gasteiger charge is 2.09. The van der Waals surface area contributed by atoms with E-state index in [1.54, 1.807) is 0 Å². The van der Waals surface area contributed by atoms with Gasteiger partial charge < -0.3 is 15.3 Å². The van der Waals surface area contributed by atoms with Gasteiger partial charge in [-0.15, -0.1) is 10.2 Å². The van der Waals surface area contributed by atoms with Crippen molar-refractivity contribution in [3.05, 3.63) is 71.6 Å². The zero-order valence-corrected chi connectivity index (χ0v) is 18.4. The first-order chi connectivity index (χ1) is 14.9. The second-order valence-electron chi connectivity index (χ2n) is 7.71. The van der Waals surface area contributed by atoms with Gasteiger partial charge in [-0.2, -0.15) is 0 Å². The van der Waals surface area contributed by atoms with Gasteiger partial charge in [-0.25, -0.2) is 0 Å². The van der Waals surface area contributed by atoms with E-state index in [2.05, 4.69) is 55.2 Å². The van der Waals surface area contributed by atoms with Crippen molar-refractivity contribution in [1.82, 2.24) is 10.2 Å². The fraction of sp³-hybridized carbons (Fsp3) is 0.320. The van der Waals surface area contributed by atoms with Gasteiger partial charge in [0, 0.05) is 18.2 Å². The third-order valence-electron chi connectivity index (χ3n) is 4.53. The molecule has 1 heterocycles. The molecule has 0 atom stereocenters. The zero-order chi connectivity index (χ0) is 22.6. The number of aliphatic carboxylic acids is 1. The van der Waals surface area contributed by atoms with Gasteiger partial charge in [0.1, 0.15) is 0 Å². The van der Waals surface area contributed by atoms with Crippen molar-refractivity contribution in [2.75, 3.05) is 6.54 Å². The van der Waals surface area contributed by atoms with Crippen molar-refractivity contribution in [1.29, 1.82) is 0 Å². The highest BCUT2D eigenvalue weighted by atomic mass is 16.4. The Labute approximate surface area is 183 Å². The molecule has 0 saturated carbocycles. The standard InChI is InChI=1S/C22H24N2O.C3H7NO2/c1-16(2)9-12-20(18-7-5-4-6-8-18)15-21-23-24-22(25-21)19-13-10-17(3)11-14-19;4-2-1-3(5)6/h4-8,10-11,13-16H,9,12H2,1-3H3;1-2,4H2,(H,5,6)/b20-15+;. The molecule has 0 amide bonds. The molecule has 1 aromatic heterocycles. The van der Waals surface area contributed by atoms with Crippen molar-refractivity contribution in [3.8, 4) is 11.5 Å². The number of nitrogens with two attached hydrogens (primary N) is 1. The lowest BCUT2D eigenvalue weighted by Crippen LogP contribution is -2.05. The first-order valence-corrected chi connectivity index (χ1v) is 10.5. The highest BCUT2D eigenvalue weighted by molar-refractivity contribution is 5.79. The molecule has 6 nitrogen and oxygen atoms in total. The Morgan fingerprint density at radius 2 is 1.74 bits per heavy atom. The maximum atomic E-state index is 9.52. The van der Waals surface area contributed by atoms with E-state index in [9.17, 15) is 4.79 Å². The maximum Gasteiger partial charge on any atom is 0.304 e. The molecule has 3 aromatic rings. The summed E-state index contributed by atoms with van der Waals surface area (Å²) in [6.45, 7) is 6.78. The van der Waals surface area contributed by atoms with Gasteiger partial charge in [0.15, 0.2) is 0 Å². The number of nitrogens with zero attached hydrogens (tertiary/aromatic N) is 2. The van der Waals surface area contributed by atoms with Crippen LogP contribution in [0.5, 0.6) is 0 Å². The number of aromatic nitrogens is 2. The van der Waals surface area contributed by atoms with E-state index >= 15 is 0 Å². The number of rotatable bonds is 8. The quantitative estimate of drug-likeness (QED) is 0.502. The minimum atomic E-state index is -0.836. The van der Waals surface area contributed by atoms with Crippen molar-refractivity contribution in [3.63, 3.8) is 0 Å². The lowest BCUT2D eigenvalue weighted by atomic mass is 9.97. The summed E-state index contributed by atoms with van der Waals surface area (Å²) >= 11 is 0. The molecule has 0 bridgehead atoms. The third kappa shape index (κ3) is 8.56. The molecular weight excluding hydrogens is 390 g/mol. The fourth-order valence-corrected chi connectivity index (χ4v) is 2.77. The van der Waals surface area contributed by atoms with Gasteiger partial charge >= 0.3 is 5.97 Å². The van der Waals surface area contributed by atoms with Gasteiger partial charge in [-0.1, -0.05) is 61.9 Å². The second kappa shape index (κ2) is 12.4. The molecular formula is C25H31N3O3. The number of aryl methyl sites for hydroxylation is 1. The summed E-state index contributed by atoms with van der Waals surface area (Å²) in [5, 5.41) is 16.2. The van der Waals surface area contributed by atoms with Crippen LogP contribution in [0, 0.1) is 12.8 Å². The Bertz CT molecular complexity index is 961. The summed E-state index contributed by atoms with van der Waals surface area (Å²) in [4.78, 5) is 9.52. The van der Waals surface area contributed by atoms with Gasteiger partial charge in [0.25, 0.3) is 0 Å². The van der Waals surface area contributed by atoms with Crippen molar-refractivity contribution >= 4 is 17.6 Å². The Morgan fingerprint density at radius 3 is 2.29 bits per heavy atom. The SMILES string of the molecule is Cc1ccc(-c2nnc(/C=C(\CCC(C)C)c3ccccc3)o2)cc1.NCCC(=O)O. The van der Waals surface area contributed by atoms with Crippen LogP contribution in [0.2, 0.25) is 0 Å². The summed E-state index contributed by atoms with van der Waals surface area (Å²) in [5.74, 6) is 0.927. The van der Waals surface area contributed by atoms with Crippen molar-refractivity contribution < 1.29 is 14.3 Å². The van der Waals surface area contributed by atoms with Gasteiger partial charge in [-0.3, -0.25) is 4.79 Å². The smallest absolute Gasteiger partial charge is 0.304 e. The molecule has 2 aromatic carbocycles. The summed E-state index contributed by atoms with van der Waals surface area (Å²) in [6.07, 6.45) is 4.20. The van der Waals surface area contributed by atoms with Crippen LogP contribution in [-0.2, 0) is 4.79 Å². The number of carbonyl (C=O) groups is 1. The molecule has 3 rings (SSSR count). The van der Waals surface area contributed by atoms with Crippen molar-refractivity contribution in [2.45, 2.75) is 40.0 Å². The van der Waals surface area contributed by atoms with Crippen molar-refractivity contribution in [2.24, 2.45) is 11.7 Å². The van der Waals surface area contributed by atoms with Crippen LogP contribution >= 0.6 is 0 Å². The van der Waals surface area contributed by atoms with Gasteiger partial charge in [0.2, 0.25) is 11.8 Å². The molecule has 0 unspecified atom stereocenters. The van der Waals surface area contributed by atoms with Crippen LogP contribution in [0.15, 0.2) is 59.0 Å². The van der Waals surface area contributed by atoms with Crippen LogP contribution in [0.25, 0.3) is 23.1 Å². The molecule has 6 heteroatoms. The first kappa shape index (κ1) is 24.0. The van der Waals surface area contributed by atoms with E-state index in [4.69, 9.17) is 15.3 Å². The number of hydrogen-bond donors (Lipinski definition) is 2. The Kier molecular flexibility index (Phi) is 9.65. The summed E-state index contributed by atoms with van der Waals surface area (Å²) in [6, 6.07) is 18.5. The molecule has 0 aliphatic rings. The number of benzene rings is 2. The van der Waals surface area contributed by atoms with E-state index < -0.39 is 5.97 Å². The minimum absolute atomic E-state index is 0.0694. The van der Waals surface area contributed by atoms with Crippen LogP contribution in [0.4, 0.5) is 0 Å². The minimum Gasteiger partial charge on any atom is -0.481 e. The van der Waals surface area contributed by atoms with Crippen LogP contribution in [0.3, 0.4) is 0 Å². The number of carboxylic acid groups (broad SMARTS) is 1. The zero-order valence-electron chi connectivity index (χ0n) is 18.4. The normalized spacial score (nSPS) is 11.2. The molecule has 164 valence electrons. The Morgan fingerprint density at radius 1 is 1.06 bits per heavy atom. The van der Waals surface area contributed by atoms with E-state index in [1.807, 2.05) is 36.4 Å². The molecule has 0 radical (unpaired) electrons. The summed E-state index contributed by atoms with van der Waals surface area (Å²) in [7, 11) is 0. The highest BCUT2D eigenvalue weighted by Crippen LogP contribution is 2.26. The lowest BCUT2D eigenvalue weighted by molar-refractivity contribution is -0.136. The Balaban J connectivity index is 0.000000501.